The number of anilines is 2. The number of aromatic nitrogens is 2. The summed E-state index contributed by atoms with van der Waals surface area (Å²) in [6.45, 7) is 0. The Balaban J connectivity index is 1.66. The van der Waals surface area contributed by atoms with Gasteiger partial charge in [0, 0.05) is 28.9 Å². The van der Waals surface area contributed by atoms with Crippen LogP contribution in [0, 0.1) is 0 Å². The molecule has 4 rings (SSSR count). The topological polar surface area (TPSA) is 76.1 Å². The number of carbonyl (C=O) groups excluding carboxylic acids is 1. The number of hydrogen-bond donors (Lipinski definition) is 2. The van der Waals surface area contributed by atoms with E-state index in [0.29, 0.717) is 11.4 Å². The summed E-state index contributed by atoms with van der Waals surface area (Å²) < 4.78 is 5.12. The minimum absolute atomic E-state index is 0.350. The summed E-state index contributed by atoms with van der Waals surface area (Å²) in [6.07, 6.45) is 3.43. The van der Waals surface area contributed by atoms with Gasteiger partial charge in [-0.2, -0.15) is 0 Å². The Kier molecular flexibility index (Phi) is 4.07. The number of carbonyl (C=O) groups is 1. The lowest BCUT2D eigenvalue weighted by Crippen LogP contribution is -2.19. The normalized spacial score (nSPS) is 10.7. The average molecular weight is 344 g/mol. The van der Waals surface area contributed by atoms with Crippen LogP contribution in [0.5, 0.6) is 5.75 Å². The highest BCUT2D eigenvalue weighted by Crippen LogP contribution is 2.29. The van der Waals surface area contributed by atoms with Gasteiger partial charge >= 0.3 is 6.03 Å². The van der Waals surface area contributed by atoms with Crippen LogP contribution in [0.1, 0.15) is 0 Å². The van der Waals surface area contributed by atoms with Crippen molar-refractivity contribution in [1.29, 1.82) is 0 Å². The number of amides is 2. The van der Waals surface area contributed by atoms with Crippen LogP contribution in [0.15, 0.2) is 67.0 Å². The van der Waals surface area contributed by atoms with Crippen LogP contribution in [0.3, 0.4) is 0 Å². The van der Waals surface area contributed by atoms with Gasteiger partial charge in [-0.15, -0.1) is 0 Å². The minimum Gasteiger partial charge on any atom is -0.497 e. The van der Waals surface area contributed by atoms with E-state index >= 15 is 0 Å². The van der Waals surface area contributed by atoms with Crippen LogP contribution in [-0.4, -0.2) is 23.1 Å². The molecule has 2 heterocycles. The summed E-state index contributed by atoms with van der Waals surface area (Å²) in [7, 11) is 1.60. The predicted molar refractivity (Wildman–Crippen MR) is 103 cm³/mol. The van der Waals surface area contributed by atoms with Crippen LogP contribution in [0.2, 0.25) is 0 Å². The first-order valence-electron chi connectivity index (χ1n) is 8.09. The number of nitrogens with one attached hydrogen (secondary N) is 2. The number of ether oxygens (including phenoxy) is 1. The van der Waals surface area contributed by atoms with E-state index in [-0.39, 0.29) is 6.03 Å². The Bertz CT molecular complexity index is 1090. The summed E-state index contributed by atoms with van der Waals surface area (Å²) >= 11 is 0. The highest BCUT2D eigenvalue weighted by Gasteiger charge is 2.11. The molecule has 4 aromatic rings. The van der Waals surface area contributed by atoms with Crippen LogP contribution in [0.25, 0.3) is 21.8 Å². The molecule has 0 aliphatic rings. The lowest BCUT2D eigenvalue weighted by atomic mass is 10.1. The van der Waals surface area contributed by atoms with E-state index < -0.39 is 0 Å². The largest absolute Gasteiger partial charge is 0.497 e. The van der Waals surface area contributed by atoms with Gasteiger partial charge in [0.15, 0.2) is 0 Å². The lowest BCUT2D eigenvalue weighted by Gasteiger charge is -2.11. The van der Waals surface area contributed by atoms with E-state index in [2.05, 4.69) is 20.6 Å². The summed E-state index contributed by atoms with van der Waals surface area (Å²) in [5.41, 5.74) is 2.79. The highest BCUT2D eigenvalue weighted by atomic mass is 16.5. The first-order chi connectivity index (χ1) is 12.7. The fraction of sp³-hybridized carbons (Fsp3) is 0.0500. The van der Waals surface area contributed by atoms with Crippen molar-refractivity contribution in [1.82, 2.24) is 9.97 Å². The van der Waals surface area contributed by atoms with Gasteiger partial charge in [-0.05, 0) is 42.5 Å². The van der Waals surface area contributed by atoms with Gasteiger partial charge in [0.05, 0.1) is 23.8 Å². The molecule has 0 radical (unpaired) electrons. The maximum atomic E-state index is 12.4. The molecule has 6 heteroatoms. The maximum absolute atomic E-state index is 12.4. The van der Waals surface area contributed by atoms with E-state index in [4.69, 9.17) is 4.74 Å². The monoisotopic (exact) mass is 344 g/mol. The summed E-state index contributed by atoms with van der Waals surface area (Å²) in [5, 5.41) is 7.61. The quantitative estimate of drug-likeness (QED) is 0.539. The Hall–Kier alpha value is -3.67. The number of nitrogens with zero attached hydrogens (tertiary/aromatic N) is 2. The minimum atomic E-state index is -0.350. The van der Waals surface area contributed by atoms with Crippen molar-refractivity contribution in [3.63, 3.8) is 0 Å². The van der Waals surface area contributed by atoms with Crippen molar-refractivity contribution in [2.24, 2.45) is 0 Å². The van der Waals surface area contributed by atoms with Gasteiger partial charge in [0.1, 0.15) is 5.75 Å². The van der Waals surface area contributed by atoms with Crippen LogP contribution in [0.4, 0.5) is 16.2 Å². The lowest BCUT2D eigenvalue weighted by molar-refractivity contribution is 0.262. The molecule has 0 spiro atoms. The second-order valence-electron chi connectivity index (χ2n) is 5.70. The van der Waals surface area contributed by atoms with E-state index in [1.807, 2.05) is 30.3 Å². The Morgan fingerprint density at radius 1 is 0.923 bits per heavy atom. The standard InChI is InChI=1S/C20H16N4O2/c1-26-14-8-6-13(7-9-14)23-20(25)24-18-12-17-15(4-2-10-21-17)16-5-3-11-22-19(16)18/h2-12H,1H3,(H2,23,24,25). The van der Waals surface area contributed by atoms with Crippen LogP contribution >= 0.6 is 0 Å². The first kappa shape index (κ1) is 15.8. The summed E-state index contributed by atoms with van der Waals surface area (Å²) in [5.74, 6) is 0.728. The van der Waals surface area contributed by atoms with Crippen molar-refractivity contribution < 1.29 is 9.53 Å². The number of benzene rings is 2. The second-order valence-corrected chi connectivity index (χ2v) is 5.70. The molecule has 128 valence electrons. The molecule has 0 atom stereocenters. The van der Waals surface area contributed by atoms with E-state index in [0.717, 1.165) is 27.6 Å². The zero-order valence-electron chi connectivity index (χ0n) is 14.1. The molecular weight excluding hydrogens is 328 g/mol. The smallest absolute Gasteiger partial charge is 0.323 e. The van der Waals surface area contributed by atoms with E-state index in [1.54, 1.807) is 43.8 Å². The van der Waals surface area contributed by atoms with Gasteiger partial charge in [-0.25, -0.2) is 4.79 Å². The molecule has 2 aromatic heterocycles. The molecular formula is C20H16N4O2. The molecule has 2 amide bonds. The predicted octanol–water partition coefficient (Wildman–Crippen LogP) is 4.44. The molecule has 2 aromatic carbocycles. The van der Waals surface area contributed by atoms with Crippen molar-refractivity contribution in [2.45, 2.75) is 0 Å². The molecule has 0 bridgehead atoms. The van der Waals surface area contributed by atoms with E-state index in [9.17, 15) is 4.79 Å². The fourth-order valence-electron chi connectivity index (χ4n) is 2.86. The fourth-order valence-corrected chi connectivity index (χ4v) is 2.86. The molecule has 0 saturated carbocycles. The molecule has 2 N–H and O–H groups in total. The number of hydrogen-bond acceptors (Lipinski definition) is 4. The number of urea groups is 1. The number of rotatable bonds is 3. The zero-order chi connectivity index (χ0) is 17.9. The van der Waals surface area contributed by atoms with Crippen molar-refractivity contribution in [2.75, 3.05) is 17.7 Å². The third kappa shape index (κ3) is 3.00. The number of methoxy groups -OCH3 is 1. The molecule has 0 aliphatic heterocycles. The van der Waals surface area contributed by atoms with Gasteiger partial charge in [0.2, 0.25) is 0 Å². The molecule has 6 nitrogen and oxygen atoms in total. The maximum Gasteiger partial charge on any atom is 0.323 e. The van der Waals surface area contributed by atoms with Gasteiger partial charge in [-0.1, -0.05) is 12.1 Å². The number of fused-ring (bicyclic) bond motifs is 3. The van der Waals surface area contributed by atoms with Gasteiger partial charge in [0.25, 0.3) is 0 Å². The van der Waals surface area contributed by atoms with Crippen molar-refractivity contribution >= 4 is 39.2 Å². The van der Waals surface area contributed by atoms with Gasteiger partial charge < -0.3 is 15.4 Å². The molecule has 26 heavy (non-hydrogen) atoms. The third-order valence-electron chi connectivity index (χ3n) is 4.07. The third-order valence-corrected chi connectivity index (χ3v) is 4.07. The Labute approximate surface area is 149 Å². The summed E-state index contributed by atoms with van der Waals surface area (Å²) in [6, 6.07) is 16.3. The molecule has 0 unspecified atom stereocenters. The number of pyridine rings is 2. The highest BCUT2D eigenvalue weighted by molar-refractivity contribution is 6.13. The van der Waals surface area contributed by atoms with Crippen molar-refractivity contribution in [3.8, 4) is 5.75 Å². The summed E-state index contributed by atoms with van der Waals surface area (Å²) in [4.78, 5) is 21.2. The van der Waals surface area contributed by atoms with Crippen LogP contribution in [-0.2, 0) is 0 Å². The Morgan fingerprint density at radius 3 is 2.42 bits per heavy atom. The second kappa shape index (κ2) is 6.68. The SMILES string of the molecule is COc1ccc(NC(=O)Nc2cc3ncccc3c3cccnc23)cc1. The van der Waals surface area contributed by atoms with Crippen molar-refractivity contribution in [3.05, 3.63) is 67.0 Å². The molecule has 0 saturated heterocycles. The molecule has 0 aliphatic carbocycles. The van der Waals surface area contributed by atoms with E-state index in [1.165, 1.54) is 0 Å². The zero-order valence-corrected chi connectivity index (χ0v) is 14.1. The van der Waals surface area contributed by atoms with Gasteiger partial charge in [-0.3, -0.25) is 9.97 Å². The Morgan fingerprint density at radius 2 is 1.65 bits per heavy atom. The first-order valence-corrected chi connectivity index (χ1v) is 8.09. The molecule has 0 fully saturated rings. The van der Waals surface area contributed by atoms with Crippen LogP contribution < -0.4 is 15.4 Å². The average Bonchev–Trinajstić information content (AvgIpc) is 2.69.